The monoisotopic (exact) mass is 298 g/mol. The van der Waals surface area contributed by atoms with Crippen molar-refractivity contribution in [1.82, 2.24) is 14.9 Å². The Morgan fingerprint density at radius 2 is 2.38 bits per heavy atom. The standard InChI is InChI=1S/C14H23FN4O2/c1-21-13-12(15)9-17-14(18-13)16-6-4-8-19-7-3-2-5-11(19)10-20/h9,11,20H,2-8,10H2,1H3,(H,16,17,18)/t11-/m1/s1. The van der Waals surface area contributed by atoms with Crippen LogP contribution >= 0.6 is 0 Å². The van der Waals surface area contributed by atoms with Crippen LogP contribution < -0.4 is 10.1 Å². The second-order valence-electron chi connectivity index (χ2n) is 5.20. The van der Waals surface area contributed by atoms with Gasteiger partial charge in [0.1, 0.15) is 0 Å². The maximum absolute atomic E-state index is 13.2. The Morgan fingerprint density at radius 1 is 1.52 bits per heavy atom. The van der Waals surface area contributed by atoms with Crippen molar-refractivity contribution < 1.29 is 14.2 Å². The van der Waals surface area contributed by atoms with Crippen LogP contribution in [0.5, 0.6) is 5.88 Å². The summed E-state index contributed by atoms with van der Waals surface area (Å²) in [6.45, 7) is 2.90. The van der Waals surface area contributed by atoms with Crippen molar-refractivity contribution in [1.29, 1.82) is 0 Å². The van der Waals surface area contributed by atoms with Gasteiger partial charge in [0.25, 0.3) is 5.88 Å². The second-order valence-corrected chi connectivity index (χ2v) is 5.20. The van der Waals surface area contributed by atoms with E-state index in [0.29, 0.717) is 18.5 Å². The number of halogens is 1. The van der Waals surface area contributed by atoms with E-state index in [4.69, 9.17) is 4.74 Å². The lowest BCUT2D eigenvalue weighted by Gasteiger charge is -2.34. The van der Waals surface area contributed by atoms with Gasteiger partial charge in [-0.2, -0.15) is 9.37 Å². The van der Waals surface area contributed by atoms with Gasteiger partial charge in [-0.15, -0.1) is 0 Å². The van der Waals surface area contributed by atoms with E-state index in [0.717, 1.165) is 32.1 Å². The van der Waals surface area contributed by atoms with Gasteiger partial charge < -0.3 is 15.2 Å². The summed E-state index contributed by atoms with van der Waals surface area (Å²) in [5.74, 6) is -0.253. The van der Waals surface area contributed by atoms with Crippen molar-refractivity contribution in [2.75, 3.05) is 38.7 Å². The Morgan fingerprint density at radius 3 is 3.14 bits per heavy atom. The first-order chi connectivity index (χ1) is 10.2. The van der Waals surface area contributed by atoms with Gasteiger partial charge in [-0.3, -0.25) is 4.90 Å². The minimum atomic E-state index is -0.567. The van der Waals surface area contributed by atoms with Gasteiger partial charge in [-0.1, -0.05) is 6.42 Å². The van der Waals surface area contributed by atoms with E-state index in [-0.39, 0.29) is 12.5 Å². The van der Waals surface area contributed by atoms with Gasteiger partial charge in [0, 0.05) is 19.1 Å². The highest BCUT2D eigenvalue weighted by Crippen LogP contribution is 2.17. The van der Waals surface area contributed by atoms with E-state index in [1.54, 1.807) is 0 Å². The van der Waals surface area contributed by atoms with E-state index in [9.17, 15) is 9.50 Å². The number of aliphatic hydroxyl groups is 1. The highest BCUT2D eigenvalue weighted by molar-refractivity contribution is 5.28. The number of methoxy groups -OCH3 is 1. The third-order valence-corrected chi connectivity index (χ3v) is 3.77. The van der Waals surface area contributed by atoms with Crippen LogP contribution in [0.15, 0.2) is 6.20 Å². The zero-order chi connectivity index (χ0) is 15.1. The number of rotatable bonds is 7. The first-order valence-electron chi connectivity index (χ1n) is 7.40. The third-order valence-electron chi connectivity index (χ3n) is 3.77. The highest BCUT2D eigenvalue weighted by Gasteiger charge is 2.20. The first kappa shape index (κ1) is 15.9. The zero-order valence-corrected chi connectivity index (χ0v) is 12.4. The summed E-state index contributed by atoms with van der Waals surface area (Å²) in [7, 11) is 1.38. The molecule has 2 rings (SSSR count). The molecule has 1 aliphatic rings. The van der Waals surface area contributed by atoms with E-state index in [2.05, 4.69) is 20.2 Å². The fourth-order valence-electron chi connectivity index (χ4n) is 2.62. The largest absolute Gasteiger partial charge is 0.479 e. The van der Waals surface area contributed by atoms with Crippen molar-refractivity contribution >= 4 is 5.95 Å². The van der Waals surface area contributed by atoms with E-state index < -0.39 is 5.82 Å². The van der Waals surface area contributed by atoms with Crippen molar-refractivity contribution in [3.05, 3.63) is 12.0 Å². The van der Waals surface area contributed by atoms with Gasteiger partial charge in [-0.25, -0.2) is 4.98 Å². The molecule has 118 valence electrons. The second kappa shape index (κ2) is 8.09. The quantitative estimate of drug-likeness (QED) is 0.739. The third kappa shape index (κ3) is 4.50. The summed E-state index contributed by atoms with van der Waals surface area (Å²) < 4.78 is 18.0. The summed E-state index contributed by atoms with van der Waals surface area (Å²) in [4.78, 5) is 10.1. The number of hydrogen-bond acceptors (Lipinski definition) is 6. The van der Waals surface area contributed by atoms with E-state index >= 15 is 0 Å². The number of hydrogen-bond donors (Lipinski definition) is 2. The summed E-state index contributed by atoms with van der Waals surface area (Å²) in [6.07, 6.45) is 5.48. The molecule has 6 nitrogen and oxygen atoms in total. The normalized spacial score (nSPS) is 19.5. The van der Waals surface area contributed by atoms with Crippen LogP contribution in [-0.4, -0.2) is 59.4 Å². The number of aromatic nitrogens is 2. The molecule has 0 radical (unpaired) electrons. The van der Waals surface area contributed by atoms with Crippen LogP contribution in [0.3, 0.4) is 0 Å². The zero-order valence-electron chi connectivity index (χ0n) is 12.4. The fraction of sp³-hybridized carbons (Fsp3) is 0.714. The molecule has 0 saturated carbocycles. The molecule has 0 bridgehead atoms. The number of nitrogens with one attached hydrogen (secondary N) is 1. The topological polar surface area (TPSA) is 70.5 Å². The summed E-state index contributed by atoms with van der Waals surface area (Å²) in [6, 6.07) is 0.293. The molecule has 7 heteroatoms. The van der Waals surface area contributed by atoms with Gasteiger partial charge in [0.2, 0.25) is 11.8 Å². The van der Waals surface area contributed by atoms with Crippen LogP contribution in [0.2, 0.25) is 0 Å². The van der Waals surface area contributed by atoms with Gasteiger partial charge >= 0.3 is 0 Å². The van der Waals surface area contributed by atoms with E-state index in [1.165, 1.54) is 20.0 Å². The molecule has 21 heavy (non-hydrogen) atoms. The Bertz CT molecular complexity index is 447. The van der Waals surface area contributed by atoms with Crippen LogP contribution in [0.25, 0.3) is 0 Å². The van der Waals surface area contributed by atoms with Crippen LogP contribution in [0.1, 0.15) is 25.7 Å². The van der Waals surface area contributed by atoms with Crippen molar-refractivity contribution in [2.24, 2.45) is 0 Å². The average molecular weight is 298 g/mol. The molecule has 0 amide bonds. The minimum absolute atomic E-state index is 0.0520. The Kier molecular flexibility index (Phi) is 6.13. The van der Waals surface area contributed by atoms with Crippen molar-refractivity contribution in [2.45, 2.75) is 31.7 Å². The maximum atomic E-state index is 13.2. The van der Waals surface area contributed by atoms with Crippen LogP contribution in [0, 0.1) is 5.82 Å². The lowest BCUT2D eigenvalue weighted by Crippen LogP contribution is -2.42. The summed E-state index contributed by atoms with van der Waals surface area (Å²) in [5, 5.41) is 12.4. The average Bonchev–Trinajstić information content (AvgIpc) is 2.53. The predicted molar refractivity (Wildman–Crippen MR) is 77.9 cm³/mol. The molecule has 1 atom stereocenters. The van der Waals surface area contributed by atoms with Crippen LogP contribution in [0.4, 0.5) is 10.3 Å². The molecule has 0 aromatic carbocycles. The lowest BCUT2D eigenvalue weighted by atomic mass is 10.0. The Labute approximate surface area is 124 Å². The minimum Gasteiger partial charge on any atom is -0.479 e. The SMILES string of the molecule is COc1nc(NCCCN2CCCC[C@@H]2CO)ncc1F. The van der Waals surface area contributed by atoms with Crippen molar-refractivity contribution in [3.8, 4) is 5.88 Å². The van der Waals surface area contributed by atoms with E-state index in [1.807, 2.05) is 0 Å². The number of nitrogens with zero attached hydrogens (tertiary/aromatic N) is 3. The maximum Gasteiger partial charge on any atom is 0.255 e. The number of anilines is 1. The highest BCUT2D eigenvalue weighted by atomic mass is 19.1. The molecule has 0 unspecified atom stereocenters. The lowest BCUT2D eigenvalue weighted by molar-refractivity contribution is 0.0901. The molecule has 0 spiro atoms. The molecule has 1 aliphatic heterocycles. The molecule has 2 heterocycles. The molecular weight excluding hydrogens is 275 g/mol. The Balaban J connectivity index is 1.74. The smallest absolute Gasteiger partial charge is 0.255 e. The van der Waals surface area contributed by atoms with Gasteiger partial charge in [-0.05, 0) is 25.8 Å². The number of aliphatic hydroxyl groups excluding tert-OH is 1. The predicted octanol–water partition coefficient (Wildman–Crippen LogP) is 1.27. The number of likely N-dealkylation sites (tertiary alicyclic amines) is 1. The first-order valence-corrected chi connectivity index (χ1v) is 7.40. The van der Waals surface area contributed by atoms with Gasteiger partial charge in [0.05, 0.1) is 19.9 Å². The van der Waals surface area contributed by atoms with Gasteiger partial charge in [0.15, 0.2) is 0 Å². The molecule has 1 aromatic heterocycles. The van der Waals surface area contributed by atoms with Crippen molar-refractivity contribution in [3.63, 3.8) is 0 Å². The number of piperidine rings is 1. The Hall–Kier alpha value is -1.47. The molecule has 1 fully saturated rings. The molecule has 0 aliphatic carbocycles. The molecular formula is C14H23FN4O2. The fourth-order valence-corrected chi connectivity index (χ4v) is 2.62. The summed E-state index contributed by atoms with van der Waals surface area (Å²) >= 11 is 0. The molecule has 2 N–H and O–H groups in total. The van der Waals surface area contributed by atoms with Crippen LogP contribution in [-0.2, 0) is 0 Å². The molecule has 1 saturated heterocycles. The summed E-state index contributed by atoms with van der Waals surface area (Å²) in [5.41, 5.74) is 0. The number of ether oxygens (including phenoxy) is 1. The molecule has 1 aromatic rings.